The molecule has 1 aliphatic heterocycles. The summed E-state index contributed by atoms with van der Waals surface area (Å²) < 4.78 is 40.1. The molecule has 1 fully saturated rings. The average Bonchev–Trinajstić information content (AvgIpc) is 2.85. The topological polar surface area (TPSA) is 88.1 Å². The maximum Gasteiger partial charge on any atom is 0.241 e. The molecule has 2 N–H and O–H groups in total. The van der Waals surface area contributed by atoms with Crippen LogP contribution in [-0.4, -0.2) is 44.7 Å². The van der Waals surface area contributed by atoms with Crippen molar-refractivity contribution in [2.24, 2.45) is 0 Å². The molecular weight excluding hydrogens is 488 g/mol. The van der Waals surface area contributed by atoms with E-state index in [1.165, 1.54) is 0 Å². The summed E-state index contributed by atoms with van der Waals surface area (Å²) in [5.74, 6) is 2.05. The van der Waals surface area contributed by atoms with Crippen molar-refractivity contribution in [3.8, 4) is 17.2 Å². The zero-order chi connectivity index (χ0) is 26.6. The highest BCUT2D eigenvalue weighted by molar-refractivity contribution is 7.89. The molecule has 1 heterocycles. The van der Waals surface area contributed by atoms with Crippen molar-refractivity contribution in [1.29, 1.82) is 0 Å². The van der Waals surface area contributed by atoms with Crippen LogP contribution in [0.3, 0.4) is 0 Å². The van der Waals surface area contributed by atoms with Gasteiger partial charge in [-0.2, -0.15) is 0 Å². The number of nitrogens with one attached hydrogen (secondary N) is 1. The number of hydrogen-bond donors (Lipinski definition) is 2. The first kappa shape index (κ1) is 27.1. The van der Waals surface area contributed by atoms with E-state index in [4.69, 9.17) is 9.47 Å². The van der Waals surface area contributed by atoms with Gasteiger partial charge in [0.2, 0.25) is 10.0 Å². The fourth-order valence-electron chi connectivity index (χ4n) is 4.76. The van der Waals surface area contributed by atoms with Gasteiger partial charge in [0.1, 0.15) is 5.75 Å². The van der Waals surface area contributed by atoms with Crippen LogP contribution in [0.15, 0.2) is 71.6 Å². The molecule has 0 atom stereocenters. The number of para-hydroxylation sites is 2. The molecule has 4 rings (SSSR count). The van der Waals surface area contributed by atoms with Crippen molar-refractivity contribution in [2.45, 2.75) is 56.7 Å². The van der Waals surface area contributed by atoms with Crippen LogP contribution in [0.2, 0.25) is 0 Å². The number of hydrogen-bond acceptors (Lipinski definition) is 6. The lowest BCUT2D eigenvalue weighted by Gasteiger charge is -2.39. The number of ether oxygens (including phenoxy) is 2. The molecule has 0 aliphatic carbocycles. The summed E-state index contributed by atoms with van der Waals surface area (Å²) in [5.41, 5.74) is 1.28. The van der Waals surface area contributed by atoms with E-state index in [0.717, 1.165) is 16.9 Å². The molecule has 0 saturated carbocycles. The molecule has 0 bridgehead atoms. The molecule has 0 amide bonds. The maximum absolute atomic E-state index is 13.0. The third-order valence-electron chi connectivity index (χ3n) is 6.60. The molecule has 8 heteroatoms. The van der Waals surface area contributed by atoms with E-state index < -0.39 is 15.6 Å². The first-order valence-corrected chi connectivity index (χ1v) is 14.1. The highest BCUT2D eigenvalue weighted by Crippen LogP contribution is 2.38. The number of nitrogens with zero attached hydrogens (tertiary/aromatic N) is 1. The van der Waals surface area contributed by atoms with Gasteiger partial charge in [-0.15, -0.1) is 0 Å². The minimum atomic E-state index is -3.74. The summed E-state index contributed by atoms with van der Waals surface area (Å²) in [4.78, 5) is 2.43. The summed E-state index contributed by atoms with van der Waals surface area (Å²) >= 11 is 0. The zero-order valence-corrected chi connectivity index (χ0v) is 22.7. The summed E-state index contributed by atoms with van der Waals surface area (Å²) in [5, 5.41) is 11.6. The number of piperidine rings is 1. The van der Waals surface area contributed by atoms with Gasteiger partial charge in [0.05, 0.1) is 17.6 Å². The van der Waals surface area contributed by atoms with Crippen LogP contribution in [0.5, 0.6) is 17.2 Å². The number of sulfonamides is 1. The van der Waals surface area contributed by atoms with Crippen LogP contribution in [0, 0.1) is 6.92 Å². The van der Waals surface area contributed by atoms with Gasteiger partial charge in [0, 0.05) is 31.2 Å². The minimum Gasteiger partial charge on any atom is -0.493 e. The number of methoxy groups -OCH3 is 1. The Balaban J connectivity index is 1.47. The van der Waals surface area contributed by atoms with Gasteiger partial charge >= 0.3 is 0 Å². The maximum atomic E-state index is 13.0. The second kappa shape index (κ2) is 11.2. The molecule has 0 aromatic heterocycles. The van der Waals surface area contributed by atoms with Crippen molar-refractivity contribution >= 4 is 10.0 Å². The predicted molar refractivity (Wildman–Crippen MR) is 145 cm³/mol. The molecule has 37 heavy (non-hydrogen) atoms. The number of aryl methyl sites for hydroxylation is 1. The van der Waals surface area contributed by atoms with Crippen molar-refractivity contribution in [3.05, 3.63) is 83.4 Å². The summed E-state index contributed by atoms with van der Waals surface area (Å²) in [6.07, 6.45) is 0.885. The van der Waals surface area contributed by atoms with Gasteiger partial charge < -0.3 is 14.6 Å². The Morgan fingerprint density at radius 1 is 1.00 bits per heavy atom. The highest BCUT2D eigenvalue weighted by atomic mass is 32.2. The Kier molecular flexibility index (Phi) is 8.23. The fourth-order valence-corrected chi connectivity index (χ4v) is 6.29. The lowest BCUT2D eigenvalue weighted by atomic mass is 9.83. The summed E-state index contributed by atoms with van der Waals surface area (Å²) in [7, 11) is -2.12. The molecule has 7 nitrogen and oxygen atoms in total. The van der Waals surface area contributed by atoms with Gasteiger partial charge in [-0.1, -0.05) is 42.0 Å². The van der Waals surface area contributed by atoms with E-state index in [9.17, 15) is 13.5 Å². The monoisotopic (exact) mass is 524 g/mol. The second-order valence-corrected chi connectivity index (χ2v) is 11.7. The fraction of sp³-hybridized carbons (Fsp3) is 0.379. The molecule has 0 radical (unpaired) electrons. The first-order valence-electron chi connectivity index (χ1n) is 12.6. The summed E-state index contributed by atoms with van der Waals surface area (Å²) in [6.45, 7) is 7.46. The molecule has 0 spiro atoms. The smallest absolute Gasteiger partial charge is 0.241 e. The van der Waals surface area contributed by atoms with E-state index in [1.54, 1.807) is 33.1 Å². The standard InChI is InChI=1S/C29H36N2O5S/c1-21(2)30-37(33,34)28-13-12-22(3)18-25(28)29(32)14-16-31(17-15-29)20-23-8-7-9-24(19-23)36-27-11-6-5-10-26(27)35-4/h5-13,18-19,21,30,32H,14-17,20H2,1-4H3. The first-order chi connectivity index (χ1) is 17.6. The Labute approximate surface area is 220 Å². The average molecular weight is 525 g/mol. The van der Waals surface area contributed by atoms with Gasteiger partial charge in [0.15, 0.2) is 11.5 Å². The number of rotatable bonds is 9. The third kappa shape index (κ3) is 6.51. The SMILES string of the molecule is COc1ccccc1Oc1cccc(CN2CCC(O)(c3cc(C)ccc3S(=O)(=O)NC(C)C)CC2)c1. The van der Waals surface area contributed by atoms with Crippen LogP contribution < -0.4 is 14.2 Å². The quantitative estimate of drug-likeness (QED) is 0.411. The van der Waals surface area contributed by atoms with E-state index in [0.29, 0.717) is 49.5 Å². The van der Waals surface area contributed by atoms with Gasteiger partial charge in [-0.25, -0.2) is 13.1 Å². The van der Waals surface area contributed by atoms with Crippen molar-refractivity contribution in [1.82, 2.24) is 9.62 Å². The molecule has 3 aromatic carbocycles. The van der Waals surface area contributed by atoms with Gasteiger partial charge in [-0.05, 0) is 69.5 Å². The molecular formula is C29H36N2O5S. The zero-order valence-electron chi connectivity index (χ0n) is 21.9. The van der Waals surface area contributed by atoms with Gasteiger partial charge in [0.25, 0.3) is 0 Å². The van der Waals surface area contributed by atoms with Crippen LogP contribution in [0.4, 0.5) is 0 Å². The van der Waals surface area contributed by atoms with Crippen LogP contribution in [-0.2, 0) is 22.2 Å². The van der Waals surface area contributed by atoms with E-state index in [2.05, 4.69) is 15.7 Å². The Hall–Kier alpha value is -2.91. The predicted octanol–water partition coefficient (Wildman–Crippen LogP) is 4.97. The largest absolute Gasteiger partial charge is 0.493 e. The van der Waals surface area contributed by atoms with Crippen molar-refractivity contribution in [2.75, 3.05) is 20.2 Å². The normalized spacial score (nSPS) is 16.1. The third-order valence-corrected chi connectivity index (χ3v) is 8.32. The minimum absolute atomic E-state index is 0.156. The molecule has 3 aromatic rings. The van der Waals surface area contributed by atoms with E-state index in [-0.39, 0.29) is 10.9 Å². The lowest BCUT2D eigenvalue weighted by Crippen LogP contribution is -2.43. The van der Waals surface area contributed by atoms with Crippen molar-refractivity contribution < 1.29 is 23.0 Å². The highest BCUT2D eigenvalue weighted by Gasteiger charge is 2.38. The van der Waals surface area contributed by atoms with E-state index in [1.807, 2.05) is 55.5 Å². The van der Waals surface area contributed by atoms with Gasteiger partial charge in [-0.3, -0.25) is 4.90 Å². The lowest BCUT2D eigenvalue weighted by molar-refractivity contribution is -0.0299. The Morgan fingerprint density at radius 3 is 2.38 bits per heavy atom. The number of benzene rings is 3. The molecule has 1 saturated heterocycles. The summed E-state index contributed by atoms with van der Waals surface area (Å²) in [6, 6.07) is 20.4. The number of aliphatic hydroxyl groups is 1. The number of likely N-dealkylation sites (tertiary alicyclic amines) is 1. The molecule has 198 valence electrons. The second-order valence-electron chi connectivity index (χ2n) is 9.98. The van der Waals surface area contributed by atoms with E-state index >= 15 is 0 Å². The van der Waals surface area contributed by atoms with Crippen LogP contribution in [0.1, 0.15) is 43.4 Å². The van der Waals surface area contributed by atoms with Crippen molar-refractivity contribution in [3.63, 3.8) is 0 Å². The van der Waals surface area contributed by atoms with Crippen LogP contribution >= 0.6 is 0 Å². The molecule has 0 unspecified atom stereocenters. The molecule has 1 aliphatic rings. The Bertz CT molecular complexity index is 1330. The van der Waals surface area contributed by atoms with Crippen LogP contribution in [0.25, 0.3) is 0 Å². The Morgan fingerprint density at radius 2 is 1.70 bits per heavy atom.